The summed E-state index contributed by atoms with van der Waals surface area (Å²) in [5.74, 6) is -0.553. The van der Waals surface area contributed by atoms with Crippen LogP contribution >= 0.6 is 0 Å². The Bertz CT molecular complexity index is 1020. The molecule has 1 aliphatic rings. The number of aromatic nitrogens is 1. The summed E-state index contributed by atoms with van der Waals surface area (Å²) >= 11 is 0. The molecule has 2 aromatic rings. The van der Waals surface area contributed by atoms with Crippen molar-refractivity contribution in [3.8, 4) is 0 Å². The normalized spacial score (nSPS) is 14.6. The number of aryl methyl sites for hydroxylation is 1. The van der Waals surface area contributed by atoms with Gasteiger partial charge in [0.2, 0.25) is 11.8 Å². The van der Waals surface area contributed by atoms with Crippen LogP contribution in [0, 0.1) is 16.0 Å². The molecule has 1 aromatic carbocycles. The van der Waals surface area contributed by atoms with Gasteiger partial charge in [0, 0.05) is 44.6 Å². The minimum absolute atomic E-state index is 0.00305. The van der Waals surface area contributed by atoms with Gasteiger partial charge in [-0.15, -0.1) is 0 Å². The molecule has 32 heavy (non-hydrogen) atoms. The Hall–Kier alpha value is -3.17. The number of hydrogen-bond acceptors (Lipinski definition) is 6. The Balaban J connectivity index is 1.45. The van der Waals surface area contributed by atoms with E-state index in [0.29, 0.717) is 44.4 Å². The van der Waals surface area contributed by atoms with E-state index < -0.39 is 10.7 Å². The second kappa shape index (κ2) is 10.9. The number of nitrogens with zero attached hydrogens (tertiary/aromatic N) is 3. The number of benzene rings is 1. The number of nitro benzene ring substituents is 1. The molecule has 2 amide bonds. The molecular weight excluding hydrogens is 416 g/mol. The van der Waals surface area contributed by atoms with E-state index in [-0.39, 0.29) is 42.0 Å². The van der Waals surface area contributed by atoms with Crippen molar-refractivity contribution in [1.29, 1.82) is 0 Å². The van der Waals surface area contributed by atoms with Crippen LogP contribution in [0.25, 0.3) is 11.1 Å². The van der Waals surface area contributed by atoms with E-state index in [0.717, 1.165) is 19.3 Å². The first kappa shape index (κ1) is 23.5. The van der Waals surface area contributed by atoms with Crippen molar-refractivity contribution in [1.82, 2.24) is 14.8 Å². The molecule has 0 atom stereocenters. The molecule has 0 unspecified atom stereocenters. The van der Waals surface area contributed by atoms with Gasteiger partial charge < -0.3 is 14.6 Å². The predicted molar refractivity (Wildman–Crippen MR) is 118 cm³/mol. The van der Waals surface area contributed by atoms with Crippen LogP contribution in [0.15, 0.2) is 27.4 Å². The smallest absolute Gasteiger partial charge is 0.407 e. The summed E-state index contributed by atoms with van der Waals surface area (Å²) in [4.78, 5) is 49.0. The molecule has 1 aliphatic heterocycles. The third-order valence-corrected chi connectivity index (χ3v) is 5.93. The van der Waals surface area contributed by atoms with E-state index in [9.17, 15) is 24.5 Å². The number of carbonyl (C=O) groups excluding carboxylic acids is 2. The van der Waals surface area contributed by atoms with Crippen LogP contribution in [-0.2, 0) is 16.1 Å². The number of carbonyl (C=O) groups is 2. The first-order chi connectivity index (χ1) is 15.4. The lowest BCUT2D eigenvalue weighted by Gasteiger charge is -2.31. The molecule has 3 rings (SSSR count). The fraction of sp³-hybridized carbons (Fsp3) is 0.591. The number of hydrogen-bond donors (Lipinski definition) is 1. The van der Waals surface area contributed by atoms with Crippen LogP contribution in [-0.4, -0.2) is 45.8 Å². The summed E-state index contributed by atoms with van der Waals surface area (Å²) in [6.45, 7) is 4.24. The average Bonchev–Trinajstić information content (AvgIpc) is 3.10. The number of piperidine rings is 1. The van der Waals surface area contributed by atoms with Crippen LogP contribution in [0.5, 0.6) is 0 Å². The number of amides is 2. The summed E-state index contributed by atoms with van der Waals surface area (Å²) in [6.07, 6.45) is 5.26. The van der Waals surface area contributed by atoms with Gasteiger partial charge in [0.15, 0.2) is 5.58 Å². The second-order valence-electron chi connectivity index (χ2n) is 8.19. The molecule has 174 valence electrons. The van der Waals surface area contributed by atoms with Gasteiger partial charge >= 0.3 is 5.76 Å². The summed E-state index contributed by atoms with van der Waals surface area (Å²) < 4.78 is 6.50. The zero-order valence-corrected chi connectivity index (χ0v) is 18.4. The Labute approximate surface area is 185 Å². The fourth-order valence-electron chi connectivity index (χ4n) is 4.05. The molecule has 2 heterocycles. The Kier molecular flexibility index (Phi) is 8.02. The highest BCUT2D eigenvalue weighted by atomic mass is 16.6. The first-order valence-electron chi connectivity index (χ1n) is 11.2. The average molecular weight is 447 g/mol. The molecule has 0 spiro atoms. The Morgan fingerprint density at radius 2 is 1.97 bits per heavy atom. The monoisotopic (exact) mass is 446 g/mol. The molecule has 0 aliphatic carbocycles. The zero-order valence-electron chi connectivity index (χ0n) is 18.4. The highest BCUT2D eigenvalue weighted by Gasteiger charge is 2.27. The quantitative estimate of drug-likeness (QED) is 0.340. The maximum atomic E-state index is 12.6. The number of non-ortho nitro benzene ring substituents is 1. The van der Waals surface area contributed by atoms with E-state index in [1.165, 1.54) is 22.8 Å². The highest BCUT2D eigenvalue weighted by molar-refractivity contribution is 5.80. The third-order valence-electron chi connectivity index (χ3n) is 5.93. The predicted octanol–water partition coefficient (Wildman–Crippen LogP) is 2.83. The van der Waals surface area contributed by atoms with Gasteiger partial charge in [-0.25, -0.2) is 4.79 Å². The standard InChI is InChI=1S/C22H30N4O6/c1-2-3-4-11-23-21(28)16-9-13-24(14-10-16)20(27)6-5-12-25-18-8-7-17(26(30)31)15-19(18)32-22(25)29/h7-8,15-16H,2-6,9-14H2,1H3,(H,23,28). The van der Waals surface area contributed by atoms with E-state index in [4.69, 9.17) is 4.42 Å². The van der Waals surface area contributed by atoms with Crippen molar-refractivity contribution >= 4 is 28.6 Å². The first-order valence-corrected chi connectivity index (χ1v) is 11.2. The lowest BCUT2D eigenvalue weighted by Crippen LogP contribution is -2.43. The molecule has 0 bridgehead atoms. The summed E-state index contributed by atoms with van der Waals surface area (Å²) in [5.41, 5.74) is 0.482. The summed E-state index contributed by atoms with van der Waals surface area (Å²) in [7, 11) is 0. The number of likely N-dealkylation sites (tertiary alicyclic amines) is 1. The van der Waals surface area contributed by atoms with E-state index in [1.807, 2.05) is 0 Å². The second-order valence-corrected chi connectivity index (χ2v) is 8.19. The van der Waals surface area contributed by atoms with Gasteiger partial charge in [0.1, 0.15) is 0 Å². The molecular formula is C22H30N4O6. The van der Waals surface area contributed by atoms with E-state index in [1.54, 1.807) is 4.90 Å². The van der Waals surface area contributed by atoms with Gasteiger partial charge in [-0.05, 0) is 31.7 Å². The van der Waals surface area contributed by atoms with Gasteiger partial charge in [0.05, 0.1) is 16.5 Å². The van der Waals surface area contributed by atoms with Gasteiger partial charge in [-0.2, -0.15) is 0 Å². The number of oxazole rings is 1. The van der Waals surface area contributed by atoms with Crippen LogP contribution in [0.4, 0.5) is 5.69 Å². The molecule has 10 nitrogen and oxygen atoms in total. The lowest BCUT2D eigenvalue weighted by atomic mass is 9.95. The van der Waals surface area contributed by atoms with Crippen LogP contribution < -0.4 is 11.1 Å². The van der Waals surface area contributed by atoms with E-state index in [2.05, 4.69) is 12.2 Å². The maximum absolute atomic E-state index is 12.6. The Morgan fingerprint density at radius 1 is 1.22 bits per heavy atom. The van der Waals surface area contributed by atoms with Crippen LogP contribution in [0.2, 0.25) is 0 Å². The SMILES string of the molecule is CCCCCNC(=O)C1CCN(C(=O)CCCn2c(=O)oc3cc([N+](=O)[O-])ccc32)CC1. The van der Waals surface area contributed by atoms with Crippen molar-refractivity contribution in [2.24, 2.45) is 5.92 Å². The van der Waals surface area contributed by atoms with Gasteiger partial charge in [-0.3, -0.25) is 24.3 Å². The van der Waals surface area contributed by atoms with Crippen LogP contribution in [0.1, 0.15) is 51.9 Å². The maximum Gasteiger partial charge on any atom is 0.419 e. The molecule has 0 radical (unpaired) electrons. The topological polar surface area (TPSA) is 128 Å². The van der Waals surface area contributed by atoms with Crippen molar-refractivity contribution in [2.45, 2.75) is 58.4 Å². The fourth-order valence-corrected chi connectivity index (χ4v) is 4.05. The third kappa shape index (κ3) is 5.74. The molecule has 0 saturated carbocycles. The van der Waals surface area contributed by atoms with Crippen molar-refractivity contribution in [3.05, 3.63) is 38.9 Å². The number of rotatable bonds is 10. The minimum Gasteiger partial charge on any atom is -0.407 e. The van der Waals surface area contributed by atoms with Gasteiger partial charge in [0.25, 0.3) is 5.69 Å². The number of unbranched alkanes of at least 4 members (excludes halogenated alkanes) is 2. The minimum atomic E-state index is -0.598. The van der Waals surface area contributed by atoms with Gasteiger partial charge in [-0.1, -0.05) is 19.8 Å². The number of nitrogens with one attached hydrogen (secondary N) is 1. The number of nitro groups is 1. The molecule has 1 saturated heterocycles. The molecule has 1 aromatic heterocycles. The lowest BCUT2D eigenvalue weighted by molar-refractivity contribution is -0.384. The Morgan fingerprint density at radius 3 is 2.66 bits per heavy atom. The van der Waals surface area contributed by atoms with Crippen molar-refractivity contribution in [3.63, 3.8) is 0 Å². The summed E-state index contributed by atoms with van der Waals surface area (Å²) in [6, 6.07) is 4.03. The summed E-state index contributed by atoms with van der Waals surface area (Å²) in [5, 5.41) is 13.9. The largest absolute Gasteiger partial charge is 0.419 e. The van der Waals surface area contributed by atoms with Crippen LogP contribution in [0.3, 0.4) is 0 Å². The molecule has 1 fully saturated rings. The highest BCUT2D eigenvalue weighted by Crippen LogP contribution is 2.21. The van der Waals surface area contributed by atoms with E-state index >= 15 is 0 Å². The van der Waals surface area contributed by atoms with Crippen molar-refractivity contribution in [2.75, 3.05) is 19.6 Å². The number of fused-ring (bicyclic) bond motifs is 1. The molecule has 1 N–H and O–H groups in total. The van der Waals surface area contributed by atoms with Crippen molar-refractivity contribution < 1.29 is 18.9 Å². The zero-order chi connectivity index (χ0) is 23.1. The molecule has 10 heteroatoms.